The van der Waals surface area contributed by atoms with Crippen molar-refractivity contribution in [3.05, 3.63) is 77.1 Å². The van der Waals surface area contributed by atoms with Crippen molar-refractivity contribution >= 4 is 28.3 Å². The minimum atomic E-state index is -0.157. The van der Waals surface area contributed by atoms with E-state index in [1.165, 1.54) is 0 Å². The Bertz CT molecular complexity index is 1370. The SMILES string of the molecule is Cc1nn(C)c2nc(-c3cccs3)cc(C(=O)NCc3ccccc3-c3ncc[nH]3)c12. The molecule has 0 aliphatic carbocycles. The molecule has 8 heteroatoms. The number of hydrogen-bond donors (Lipinski definition) is 2. The molecular formula is C23H20N6OS. The fraction of sp³-hybridized carbons (Fsp3) is 0.130. The lowest BCUT2D eigenvalue weighted by Gasteiger charge is -2.11. The van der Waals surface area contributed by atoms with Gasteiger partial charge in [-0.15, -0.1) is 11.3 Å². The predicted octanol–water partition coefficient (Wildman–Crippen LogP) is 4.33. The van der Waals surface area contributed by atoms with Gasteiger partial charge in [0.05, 0.1) is 27.2 Å². The van der Waals surface area contributed by atoms with E-state index in [4.69, 9.17) is 4.98 Å². The lowest BCUT2D eigenvalue weighted by molar-refractivity contribution is 0.0952. The van der Waals surface area contributed by atoms with Gasteiger partial charge in [-0.05, 0) is 30.0 Å². The number of amides is 1. The third kappa shape index (κ3) is 3.51. The highest BCUT2D eigenvalue weighted by Crippen LogP contribution is 2.29. The quantitative estimate of drug-likeness (QED) is 0.436. The number of fused-ring (bicyclic) bond motifs is 1. The Labute approximate surface area is 182 Å². The fourth-order valence-electron chi connectivity index (χ4n) is 3.76. The van der Waals surface area contributed by atoms with Gasteiger partial charge in [0.15, 0.2) is 5.65 Å². The standard InChI is InChI=1S/C23H20N6OS/c1-14-20-17(12-18(19-8-5-11-31-19)27-22(20)29(2)28-14)23(30)26-13-15-6-3-4-7-16(15)21-24-9-10-25-21/h3-12H,13H2,1-2H3,(H,24,25)(H,26,30). The molecule has 0 unspecified atom stereocenters. The first-order valence-electron chi connectivity index (χ1n) is 9.86. The third-order valence-electron chi connectivity index (χ3n) is 5.20. The topological polar surface area (TPSA) is 88.5 Å². The zero-order chi connectivity index (χ0) is 21.4. The van der Waals surface area contributed by atoms with Crippen molar-refractivity contribution in [2.45, 2.75) is 13.5 Å². The van der Waals surface area contributed by atoms with Crippen LogP contribution in [-0.2, 0) is 13.6 Å². The minimum absolute atomic E-state index is 0.157. The van der Waals surface area contributed by atoms with Crippen LogP contribution in [0.1, 0.15) is 21.6 Å². The molecule has 0 aliphatic rings. The molecular weight excluding hydrogens is 408 g/mol. The van der Waals surface area contributed by atoms with Crippen molar-refractivity contribution in [1.82, 2.24) is 30.0 Å². The van der Waals surface area contributed by atoms with E-state index in [2.05, 4.69) is 20.4 Å². The number of H-pyrrole nitrogens is 1. The number of aromatic amines is 1. The maximum absolute atomic E-state index is 13.3. The molecule has 2 N–H and O–H groups in total. The number of hydrogen-bond acceptors (Lipinski definition) is 5. The molecule has 4 aromatic heterocycles. The Balaban J connectivity index is 1.51. The zero-order valence-electron chi connectivity index (χ0n) is 17.1. The van der Waals surface area contributed by atoms with Crippen LogP contribution in [0.4, 0.5) is 0 Å². The van der Waals surface area contributed by atoms with Crippen LogP contribution in [0.5, 0.6) is 0 Å². The van der Waals surface area contributed by atoms with E-state index in [9.17, 15) is 4.79 Å². The molecule has 4 heterocycles. The molecule has 0 atom stereocenters. The van der Waals surface area contributed by atoms with E-state index in [1.54, 1.807) is 28.4 Å². The second-order valence-corrected chi connectivity index (χ2v) is 8.17. The lowest BCUT2D eigenvalue weighted by atomic mass is 10.1. The van der Waals surface area contributed by atoms with E-state index in [0.717, 1.165) is 38.6 Å². The number of aryl methyl sites for hydroxylation is 2. The van der Waals surface area contributed by atoms with Crippen LogP contribution in [-0.4, -0.2) is 30.6 Å². The number of carbonyl (C=O) groups excluding carboxylic acids is 1. The first-order valence-corrected chi connectivity index (χ1v) is 10.7. The number of nitrogens with one attached hydrogen (secondary N) is 2. The minimum Gasteiger partial charge on any atom is -0.348 e. The number of benzene rings is 1. The first kappa shape index (κ1) is 19.2. The summed E-state index contributed by atoms with van der Waals surface area (Å²) in [6.07, 6.45) is 3.51. The van der Waals surface area contributed by atoms with Gasteiger partial charge in [0.2, 0.25) is 0 Å². The van der Waals surface area contributed by atoms with Crippen LogP contribution in [0, 0.1) is 6.92 Å². The van der Waals surface area contributed by atoms with Crippen molar-refractivity contribution in [3.63, 3.8) is 0 Å². The van der Waals surface area contributed by atoms with Gasteiger partial charge in [0.25, 0.3) is 5.91 Å². The molecule has 0 spiro atoms. The molecule has 5 aromatic rings. The fourth-order valence-corrected chi connectivity index (χ4v) is 4.45. The van der Waals surface area contributed by atoms with Crippen molar-refractivity contribution in [1.29, 1.82) is 0 Å². The van der Waals surface area contributed by atoms with Crippen LogP contribution < -0.4 is 5.32 Å². The molecule has 1 aromatic carbocycles. The van der Waals surface area contributed by atoms with Crippen molar-refractivity contribution in [2.75, 3.05) is 0 Å². The smallest absolute Gasteiger partial charge is 0.252 e. The lowest BCUT2D eigenvalue weighted by Crippen LogP contribution is -2.23. The molecule has 154 valence electrons. The monoisotopic (exact) mass is 428 g/mol. The summed E-state index contributed by atoms with van der Waals surface area (Å²) in [5, 5.41) is 10.3. The largest absolute Gasteiger partial charge is 0.348 e. The normalized spacial score (nSPS) is 11.2. The second kappa shape index (κ2) is 7.81. The Kier molecular flexibility index (Phi) is 4.83. The number of rotatable bonds is 5. The molecule has 1 amide bonds. The highest BCUT2D eigenvalue weighted by molar-refractivity contribution is 7.13. The molecule has 7 nitrogen and oxygen atoms in total. The number of pyridine rings is 1. The summed E-state index contributed by atoms with van der Waals surface area (Å²) in [7, 11) is 1.85. The van der Waals surface area contributed by atoms with Crippen LogP contribution in [0.15, 0.2) is 60.2 Å². The van der Waals surface area contributed by atoms with E-state index in [-0.39, 0.29) is 5.91 Å². The van der Waals surface area contributed by atoms with Crippen LogP contribution >= 0.6 is 11.3 Å². The van der Waals surface area contributed by atoms with Crippen LogP contribution in [0.3, 0.4) is 0 Å². The summed E-state index contributed by atoms with van der Waals surface area (Å²) < 4.78 is 1.73. The molecule has 5 rings (SSSR count). The number of thiophene rings is 1. The molecule has 0 fully saturated rings. The Morgan fingerprint density at radius 2 is 2.10 bits per heavy atom. The summed E-state index contributed by atoms with van der Waals surface area (Å²) in [6.45, 7) is 2.28. The van der Waals surface area contributed by atoms with Crippen LogP contribution in [0.2, 0.25) is 0 Å². The van der Waals surface area contributed by atoms with E-state index >= 15 is 0 Å². The molecule has 0 bridgehead atoms. The van der Waals surface area contributed by atoms with E-state index in [1.807, 2.05) is 61.8 Å². The second-order valence-electron chi connectivity index (χ2n) is 7.22. The molecule has 0 saturated heterocycles. The number of imidazole rings is 1. The van der Waals surface area contributed by atoms with E-state index < -0.39 is 0 Å². The zero-order valence-corrected chi connectivity index (χ0v) is 17.9. The van der Waals surface area contributed by atoms with Gasteiger partial charge in [-0.25, -0.2) is 9.97 Å². The maximum atomic E-state index is 13.3. The van der Waals surface area contributed by atoms with Gasteiger partial charge in [0.1, 0.15) is 5.82 Å². The highest BCUT2D eigenvalue weighted by Gasteiger charge is 2.20. The van der Waals surface area contributed by atoms with Crippen molar-refractivity contribution in [3.8, 4) is 22.0 Å². The summed E-state index contributed by atoms with van der Waals surface area (Å²) in [6, 6.07) is 13.7. The average molecular weight is 429 g/mol. The van der Waals surface area contributed by atoms with Gasteiger partial charge in [-0.3, -0.25) is 9.48 Å². The van der Waals surface area contributed by atoms with Gasteiger partial charge in [-0.1, -0.05) is 30.3 Å². The van der Waals surface area contributed by atoms with Crippen molar-refractivity contribution in [2.24, 2.45) is 7.05 Å². The van der Waals surface area contributed by atoms with Gasteiger partial charge in [-0.2, -0.15) is 5.10 Å². The van der Waals surface area contributed by atoms with Crippen LogP contribution in [0.25, 0.3) is 33.0 Å². The summed E-state index contributed by atoms with van der Waals surface area (Å²) >= 11 is 1.59. The van der Waals surface area contributed by atoms with Gasteiger partial charge < -0.3 is 10.3 Å². The molecule has 0 aliphatic heterocycles. The third-order valence-corrected chi connectivity index (χ3v) is 6.09. The highest BCUT2D eigenvalue weighted by atomic mass is 32.1. The first-order chi connectivity index (χ1) is 15.1. The Hall–Kier alpha value is -3.78. The number of aromatic nitrogens is 5. The van der Waals surface area contributed by atoms with Crippen molar-refractivity contribution < 1.29 is 4.79 Å². The van der Waals surface area contributed by atoms with Gasteiger partial charge in [0, 0.05) is 31.5 Å². The summed E-state index contributed by atoms with van der Waals surface area (Å²) in [5.74, 6) is 0.620. The Morgan fingerprint density at radius 1 is 1.23 bits per heavy atom. The number of nitrogens with zero attached hydrogens (tertiary/aromatic N) is 4. The summed E-state index contributed by atoms with van der Waals surface area (Å²) in [5.41, 5.74) is 4.77. The summed E-state index contributed by atoms with van der Waals surface area (Å²) in [4.78, 5) is 26.6. The number of carbonyl (C=O) groups is 1. The maximum Gasteiger partial charge on any atom is 0.252 e. The molecule has 31 heavy (non-hydrogen) atoms. The van der Waals surface area contributed by atoms with Gasteiger partial charge >= 0.3 is 0 Å². The molecule has 0 radical (unpaired) electrons. The predicted molar refractivity (Wildman–Crippen MR) is 122 cm³/mol. The van der Waals surface area contributed by atoms with E-state index in [0.29, 0.717) is 17.8 Å². The average Bonchev–Trinajstić information content (AvgIpc) is 3.55. The molecule has 0 saturated carbocycles. The Morgan fingerprint density at radius 3 is 2.87 bits per heavy atom.